The van der Waals surface area contributed by atoms with Crippen molar-refractivity contribution in [2.75, 3.05) is 13.1 Å². The molecule has 0 saturated carbocycles. The van der Waals surface area contributed by atoms with Crippen molar-refractivity contribution in [1.29, 1.82) is 0 Å². The summed E-state index contributed by atoms with van der Waals surface area (Å²) in [4.78, 5) is 20.0. The molecule has 4 heteroatoms. The number of pyridine rings is 1. The highest BCUT2D eigenvalue weighted by atomic mass is 16.5. The first-order chi connectivity index (χ1) is 16.2. The van der Waals surface area contributed by atoms with Gasteiger partial charge in [-0.05, 0) is 61.9 Å². The highest BCUT2D eigenvalue weighted by molar-refractivity contribution is 5.96. The number of carbonyl (C=O) groups excluding carboxylic acids is 1. The molecule has 3 aromatic carbocycles. The van der Waals surface area contributed by atoms with Crippen LogP contribution in [0.5, 0.6) is 5.75 Å². The number of hydrogen-bond donors (Lipinski definition) is 0. The molecule has 0 N–H and O–H groups in total. The van der Waals surface area contributed by atoms with Gasteiger partial charge in [-0.3, -0.25) is 9.78 Å². The molecular formula is C29H28N2O2. The van der Waals surface area contributed by atoms with Crippen LogP contribution in [0.25, 0.3) is 22.0 Å². The molecular weight excluding hydrogens is 408 g/mol. The Morgan fingerprint density at radius 2 is 1.70 bits per heavy atom. The van der Waals surface area contributed by atoms with Gasteiger partial charge in [0.2, 0.25) is 0 Å². The first-order valence-corrected chi connectivity index (χ1v) is 11.7. The molecule has 1 amide bonds. The second-order valence-electron chi connectivity index (χ2n) is 8.61. The van der Waals surface area contributed by atoms with E-state index in [0.717, 1.165) is 59.3 Å². The summed E-state index contributed by atoms with van der Waals surface area (Å²) in [6, 6.07) is 26.2. The van der Waals surface area contributed by atoms with Gasteiger partial charge >= 0.3 is 0 Å². The van der Waals surface area contributed by atoms with E-state index in [0.29, 0.717) is 5.56 Å². The van der Waals surface area contributed by atoms with Crippen molar-refractivity contribution in [2.45, 2.75) is 32.3 Å². The van der Waals surface area contributed by atoms with Gasteiger partial charge in [0, 0.05) is 41.4 Å². The number of rotatable bonds is 5. The smallest absolute Gasteiger partial charge is 0.254 e. The summed E-state index contributed by atoms with van der Waals surface area (Å²) < 4.78 is 6.49. The van der Waals surface area contributed by atoms with E-state index in [1.807, 2.05) is 66.4 Å². The molecule has 1 unspecified atom stereocenters. The Hall–Kier alpha value is -3.66. The molecule has 33 heavy (non-hydrogen) atoms. The van der Waals surface area contributed by atoms with Crippen LogP contribution in [0, 0.1) is 0 Å². The molecule has 4 aromatic rings. The lowest BCUT2D eigenvalue weighted by molar-refractivity contribution is 0.0719. The molecule has 4 nitrogen and oxygen atoms in total. The number of benzene rings is 3. The van der Waals surface area contributed by atoms with E-state index in [-0.39, 0.29) is 12.0 Å². The van der Waals surface area contributed by atoms with Gasteiger partial charge < -0.3 is 9.64 Å². The zero-order chi connectivity index (χ0) is 22.6. The van der Waals surface area contributed by atoms with Crippen molar-refractivity contribution >= 4 is 16.7 Å². The van der Waals surface area contributed by atoms with Gasteiger partial charge in [0.05, 0.1) is 5.69 Å². The topological polar surface area (TPSA) is 42.4 Å². The van der Waals surface area contributed by atoms with E-state index < -0.39 is 0 Å². The van der Waals surface area contributed by atoms with Gasteiger partial charge in [0.25, 0.3) is 5.91 Å². The Morgan fingerprint density at radius 1 is 0.909 bits per heavy atom. The fraction of sp³-hybridized carbons (Fsp3) is 0.241. The highest BCUT2D eigenvalue weighted by Gasteiger charge is 2.24. The molecule has 1 saturated heterocycles. The van der Waals surface area contributed by atoms with Gasteiger partial charge in [-0.2, -0.15) is 0 Å². The van der Waals surface area contributed by atoms with Gasteiger partial charge in [-0.25, -0.2) is 0 Å². The van der Waals surface area contributed by atoms with Crippen molar-refractivity contribution < 1.29 is 9.53 Å². The molecule has 1 atom stereocenters. The van der Waals surface area contributed by atoms with Crippen LogP contribution in [0.1, 0.15) is 48.2 Å². The largest absolute Gasteiger partial charge is 0.485 e. The van der Waals surface area contributed by atoms with Crippen molar-refractivity contribution in [3.8, 4) is 17.0 Å². The molecule has 0 aliphatic carbocycles. The maximum atomic E-state index is 13.5. The van der Waals surface area contributed by atoms with Crippen molar-refractivity contribution in [2.24, 2.45) is 0 Å². The van der Waals surface area contributed by atoms with E-state index in [1.54, 1.807) is 6.20 Å². The van der Waals surface area contributed by atoms with Crippen LogP contribution in [0.4, 0.5) is 0 Å². The normalized spacial score (nSPS) is 14.8. The Labute approximate surface area is 194 Å². The molecule has 0 bridgehead atoms. The third-order valence-corrected chi connectivity index (χ3v) is 6.38. The van der Waals surface area contributed by atoms with Crippen LogP contribution in [0.2, 0.25) is 0 Å². The number of fused-ring (bicyclic) bond motifs is 1. The number of nitrogens with zero attached hydrogens (tertiary/aromatic N) is 2. The van der Waals surface area contributed by atoms with E-state index in [1.165, 1.54) is 6.42 Å². The quantitative estimate of drug-likeness (QED) is 0.351. The second-order valence-corrected chi connectivity index (χ2v) is 8.61. The molecule has 0 spiro atoms. The fourth-order valence-electron chi connectivity index (χ4n) is 4.61. The minimum atomic E-state index is -0.303. The fourth-order valence-corrected chi connectivity index (χ4v) is 4.61. The zero-order valence-corrected chi connectivity index (χ0v) is 18.9. The van der Waals surface area contributed by atoms with Gasteiger partial charge in [0.1, 0.15) is 11.9 Å². The summed E-state index contributed by atoms with van der Waals surface area (Å²) >= 11 is 0. The summed E-state index contributed by atoms with van der Waals surface area (Å²) in [6.07, 6.45) is 4.81. The Balaban J connectivity index is 1.54. The van der Waals surface area contributed by atoms with Crippen molar-refractivity contribution in [3.63, 3.8) is 0 Å². The lowest BCUT2D eigenvalue weighted by atomic mass is 9.96. The first-order valence-electron chi connectivity index (χ1n) is 11.7. The average Bonchev–Trinajstić information content (AvgIpc) is 2.89. The number of carbonyl (C=O) groups is 1. The first kappa shape index (κ1) is 21.2. The zero-order valence-electron chi connectivity index (χ0n) is 18.9. The number of aromatic nitrogens is 1. The number of amides is 1. The molecule has 0 radical (unpaired) electrons. The van der Waals surface area contributed by atoms with E-state index in [9.17, 15) is 4.79 Å². The van der Waals surface area contributed by atoms with Crippen molar-refractivity contribution in [3.05, 3.63) is 96.2 Å². The summed E-state index contributed by atoms with van der Waals surface area (Å²) in [5, 5.41) is 2.20. The van der Waals surface area contributed by atoms with E-state index in [2.05, 4.69) is 29.2 Å². The predicted molar refractivity (Wildman–Crippen MR) is 132 cm³/mol. The number of ether oxygens (including phenoxy) is 1. The molecule has 166 valence electrons. The van der Waals surface area contributed by atoms with Gasteiger partial charge in [-0.15, -0.1) is 0 Å². The molecule has 1 fully saturated rings. The van der Waals surface area contributed by atoms with Crippen molar-refractivity contribution in [1.82, 2.24) is 9.88 Å². The summed E-state index contributed by atoms with van der Waals surface area (Å²) in [5.74, 6) is 0.908. The Morgan fingerprint density at radius 3 is 2.52 bits per heavy atom. The third-order valence-electron chi connectivity index (χ3n) is 6.38. The second kappa shape index (κ2) is 9.45. The molecule has 5 rings (SSSR count). The minimum absolute atomic E-state index is 0.0886. The number of hydrogen-bond acceptors (Lipinski definition) is 3. The van der Waals surface area contributed by atoms with Crippen LogP contribution in [-0.4, -0.2) is 28.9 Å². The van der Waals surface area contributed by atoms with Gasteiger partial charge in [-0.1, -0.05) is 48.5 Å². The SMILES string of the molecule is CC(Oc1cccc2ccccc12)c1cc(-c2ccccn2)ccc1C(=O)N1CCCCC1. The highest BCUT2D eigenvalue weighted by Crippen LogP contribution is 2.33. The Kier molecular flexibility index (Phi) is 6.07. The van der Waals surface area contributed by atoms with Crippen LogP contribution >= 0.6 is 0 Å². The Bertz CT molecular complexity index is 1260. The summed E-state index contributed by atoms with van der Waals surface area (Å²) in [5.41, 5.74) is 3.47. The summed E-state index contributed by atoms with van der Waals surface area (Å²) in [6.45, 7) is 3.66. The lowest BCUT2D eigenvalue weighted by Crippen LogP contribution is -2.36. The standard InChI is InChI=1S/C29H28N2O2/c1-21(33-28-14-9-11-22-10-3-4-12-24(22)28)26-20-23(27-13-5-6-17-30-27)15-16-25(26)29(32)31-18-7-2-8-19-31/h3-6,9-17,20-21H,2,7-8,18-19H2,1H3. The van der Waals surface area contributed by atoms with Crippen LogP contribution in [-0.2, 0) is 0 Å². The maximum absolute atomic E-state index is 13.5. The van der Waals surface area contributed by atoms with Gasteiger partial charge in [0.15, 0.2) is 0 Å². The van der Waals surface area contributed by atoms with E-state index >= 15 is 0 Å². The third kappa shape index (κ3) is 4.47. The molecule has 1 aliphatic heterocycles. The number of piperidine rings is 1. The molecule has 2 heterocycles. The lowest BCUT2D eigenvalue weighted by Gasteiger charge is -2.28. The molecule has 1 aliphatic rings. The molecule has 1 aromatic heterocycles. The van der Waals surface area contributed by atoms with Crippen LogP contribution in [0.3, 0.4) is 0 Å². The summed E-state index contributed by atoms with van der Waals surface area (Å²) in [7, 11) is 0. The average molecular weight is 437 g/mol. The minimum Gasteiger partial charge on any atom is -0.485 e. The van der Waals surface area contributed by atoms with E-state index in [4.69, 9.17) is 4.74 Å². The van der Waals surface area contributed by atoms with Crippen LogP contribution < -0.4 is 4.74 Å². The number of likely N-dealkylation sites (tertiary alicyclic amines) is 1. The van der Waals surface area contributed by atoms with Crippen LogP contribution in [0.15, 0.2) is 85.1 Å². The maximum Gasteiger partial charge on any atom is 0.254 e. The predicted octanol–water partition coefficient (Wildman–Crippen LogP) is 6.67. The monoisotopic (exact) mass is 436 g/mol.